The van der Waals surface area contributed by atoms with Gasteiger partial charge in [0.2, 0.25) is 0 Å². The Hall–Kier alpha value is -3.23. The zero-order chi connectivity index (χ0) is 20.4. The molecule has 1 aliphatic heterocycles. The monoisotopic (exact) mass is 386 g/mol. The molecule has 28 heavy (non-hydrogen) atoms. The summed E-state index contributed by atoms with van der Waals surface area (Å²) in [4.78, 5) is 36.4. The topological polar surface area (TPSA) is 119 Å². The van der Waals surface area contributed by atoms with E-state index in [1.807, 2.05) is 6.92 Å². The van der Waals surface area contributed by atoms with E-state index in [1.165, 1.54) is 12.3 Å². The molecule has 1 N–H and O–H groups in total. The van der Waals surface area contributed by atoms with Crippen molar-refractivity contribution in [3.05, 3.63) is 56.9 Å². The number of amides is 1. The van der Waals surface area contributed by atoms with Gasteiger partial charge in [0.05, 0.1) is 22.9 Å². The Morgan fingerprint density at radius 2 is 2.00 bits per heavy atom. The van der Waals surface area contributed by atoms with Crippen LogP contribution in [0.3, 0.4) is 0 Å². The standard InChI is InChI=1S/C19H22N4O5/c1-3-13-4-5-14(10-17(13)23(27)28)18(24)21-8-6-15(7-9-21)22-12(2)16(11-20-22)19(25)26/h4-5,10-11,15H,3,6-9H2,1-2H3,(H,25,26). The molecule has 1 saturated heterocycles. The molecule has 0 spiro atoms. The van der Waals surface area contributed by atoms with Gasteiger partial charge in [-0.15, -0.1) is 0 Å². The third-order valence-corrected chi connectivity index (χ3v) is 5.28. The normalized spacial score (nSPS) is 14.9. The highest BCUT2D eigenvalue weighted by Gasteiger charge is 2.28. The van der Waals surface area contributed by atoms with Crippen molar-refractivity contribution in [3.8, 4) is 0 Å². The summed E-state index contributed by atoms with van der Waals surface area (Å²) in [6.07, 6.45) is 3.16. The lowest BCUT2D eigenvalue weighted by Gasteiger charge is -2.32. The number of nitrogens with zero attached hydrogens (tertiary/aromatic N) is 4. The molecular formula is C19H22N4O5. The van der Waals surface area contributed by atoms with E-state index in [1.54, 1.807) is 28.6 Å². The fourth-order valence-electron chi connectivity index (χ4n) is 3.66. The molecule has 0 atom stereocenters. The van der Waals surface area contributed by atoms with Crippen LogP contribution in [0.15, 0.2) is 24.4 Å². The van der Waals surface area contributed by atoms with Crippen molar-refractivity contribution in [2.45, 2.75) is 39.2 Å². The smallest absolute Gasteiger partial charge is 0.339 e. The fourth-order valence-corrected chi connectivity index (χ4v) is 3.66. The van der Waals surface area contributed by atoms with Crippen molar-refractivity contribution in [2.24, 2.45) is 0 Å². The maximum Gasteiger partial charge on any atom is 0.339 e. The lowest BCUT2D eigenvalue weighted by Crippen LogP contribution is -2.39. The van der Waals surface area contributed by atoms with Crippen LogP contribution in [0.5, 0.6) is 0 Å². The summed E-state index contributed by atoms with van der Waals surface area (Å²) in [5.74, 6) is -1.24. The van der Waals surface area contributed by atoms with Crippen LogP contribution in [-0.2, 0) is 6.42 Å². The highest BCUT2D eigenvalue weighted by atomic mass is 16.6. The number of piperidine rings is 1. The number of aromatic nitrogens is 2. The number of hydrogen-bond acceptors (Lipinski definition) is 5. The lowest BCUT2D eigenvalue weighted by molar-refractivity contribution is -0.385. The van der Waals surface area contributed by atoms with Gasteiger partial charge in [0.25, 0.3) is 11.6 Å². The highest BCUT2D eigenvalue weighted by Crippen LogP contribution is 2.27. The molecule has 1 aliphatic rings. The summed E-state index contributed by atoms with van der Waals surface area (Å²) in [6, 6.07) is 4.65. The lowest BCUT2D eigenvalue weighted by atomic mass is 10.0. The molecule has 2 heterocycles. The Labute approximate surface area is 161 Å². The molecule has 1 fully saturated rings. The number of nitro benzene ring substituents is 1. The van der Waals surface area contributed by atoms with Crippen molar-refractivity contribution in [1.82, 2.24) is 14.7 Å². The van der Waals surface area contributed by atoms with Crippen molar-refractivity contribution in [3.63, 3.8) is 0 Å². The number of aryl methyl sites for hydroxylation is 1. The summed E-state index contributed by atoms with van der Waals surface area (Å²) in [7, 11) is 0. The van der Waals surface area contributed by atoms with Crippen molar-refractivity contribution in [2.75, 3.05) is 13.1 Å². The van der Waals surface area contributed by atoms with Crippen LogP contribution in [-0.4, -0.2) is 49.7 Å². The second-order valence-corrected chi connectivity index (χ2v) is 6.87. The molecule has 0 unspecified atom stereocenters. The minimum absolute atomic E-state index is 0.0222. The third kappa shape index (κ3) is 3.60. The van der Waals surface area contributed by atoms with Crippen molar-refractivity contribution < 1.29 is 19.6 Å². The van der Waals surface area contributed by atoms with Gasteiger partial charge in [0.1, 0.15) is 5.56 Å². The van der Waals surface area contributed by atoms with Crippen LogP contribution in [0, 0.1) is 17.0 Å². The van der Waals surface area contributed by atoms with Crippen LogP contribution in [0.4, 0.5) is 5.69 Å². The number of carbonyl (C=O) groups excluding carboxylic acids is 1. The van der Waals surface area contributed by atoms with Gasteiger partial charge in [-0.1, -0.05) is 13.0 Å². The van der Waals surface area contributed by atoms with Crippen LogP contribution >= 0.6 is 0 Å². The van der Waals surface area contributed by atoms with E-state index >= 15 is 0 Å². The number of carboxylic acid groups (broad SMARTS) is 1. The molecule has 1 aromatic carbocycles. The van der Waals surface area contributed by atoms with Crippen LogP contribution < -0.4 is 0 Å². The van der Waals surface area contributed by atoms with E-state index in [2.05, 4.69) is 5.10 Å². The molecule has 1 amide bonds. The van der Waals surface area contributed by atoms with Crippen LogP contribution in [0.2, 0.25) is 0 Å². The second-order valence-electron chi connectivity index (χ2n) is 6.87. The molecule has 0 aliphatic carbocycles. The van der Waals surface area contributed by atoms with Gasteiger partial charge in [-0.25, -0.2) is 4.79 Å². The van der Waals surface area contributed by atoms with E-state index in [0.29, 0.717) is 49.2 Å². The molecule has 1 aromatic heterocycles. The van der Waals surface area contributed by atoms with Gasteiger partial charge < -0.3 is 10.0 Å². The Morgan fingerprint density at radius 3 is 2.54 bits per heavy atom. The molecule has 2 aromatic rings. The highest BCUT2D eigenvalue weighted by molar-refractivity contribution is 5.95. The number of rotatable bonds is 5. The minimum Gasteiger partial charge on any atom is -0.478 e. The number of nitro groups is 1. The molecular weight excluding hydrogens is 364 g/mol. The van der Waals surface area contributed by atoms with Gasteiger partial charge in [-0.3, -0.25) is 19.6 Å². The number of carboxylic acids is 1. The summed E-state index contributed by atoms with van der Waals surface area (Å²) in [5.41, 5.74) is 1.66. The molecule has 0 saturated carbocycles. The largest absolute Gasteiger partial charge is 0.478 e. The molecule has 148 valence electrons. The average Bonchev–Trinajstić information content (AvgIpc) is 3.08. The number of benzene rings is 1. The summed E-state index contributed by atoms with van der Waals surface area (Å²) in [5, 5.41) is 24.6. The number of hydrogen-bond donors (Lipinski definition) is 1. The maximum absolute atomic E-state index is 12.8. The zero-order valence-corrected chi connectivity index (χ0v) is 15.8. The first kappa shape index (κ1) is 19.5. The molecule has 3 rings (SSSR count). The molecule has 0 radical (unpaired) electrons. The number of carbonyl (C=O) groups is 2. The summed E-state index contributed by atoms with van der Waals surface area (Å²) in [6.45, 7) is 4.52. The van der Waals surface area contributed by atoms with Crippen LogP contribution in [0.1, 0.15) is 57.8 Å². The zero-order valence-electron chi connectivity index (χ0n) is 15.8. The van der Waals surface area contributed by atoms with E-state index in [0.717, 1.165) is 0 Å². The first-order valence-electron chi connectivity index (χ1n) is 9.17. The van der Waals surface area contributed by atoms with E-state index in [-0.39, 0.29) is 23.2 Å². The summed E-state index contributed by atoms with van der Waals surface area (Å²) < 4.78 is 1.71. The average molecular weight is 386 g/mol. The predicted octanol–water partition coefficient (Wildman–Crippen LogP) is 2.84. The third-order valence-electron chi connectivity index (χ3n) is 5.28. The SMILES string of the molecule is CCc1ccc(C(=O)N2CCC(n3ncc(C(=O)O)c3C)CC2)cc1[N+](=O)[O-]. The molecule has 9 heteroatoms. The van der Waals surface area contributed by atoms with E-state index in [4.69, 9.17) is 5.11 Å². The Morgan fingerprint density at radius 1 is 1.32 bits per heavy atom. The fraction of sp³-hybridized carbons (Fsp3) is 0.421. The van der Waals surface area contributed by atoms with Gasteiger partial charge in [-0.2, -0.15) is 5.10 Å². The van der Waals surface area contributed by atoms with E-state index < -0.39 is 10.9 Å². The number of aromatic carboxylic acids is 1. The van der Waals surface area contributed by atoms with E-state index in [9.17, 15) is 19.7 Å². The first-order chi connectivity index (χ1) is 13.3. The minimum atomic E-state index is -1.01. The Balaban J connectivity index is 1.71. The Kier molecular flexibility index (Phi) is 5.43. The van der Waals surface area contributed by atoms with Gasteiger partial charge in [-0.05, 0) is 32.3 Å². The van der Waals surface area contributed by atoms with Gasteiger partial charge in [0.15, 0.2) is 0 Å². The summed E-state index contributed by atoms with van der Waals surface area (Å²) >= 11 is 0. The van der Waals surface area contributed by atoms with Gasteiger partial charge in [0, 0.05) is 30.3 Å². The Bertz CT molecular complexity index is 928. The molecule has 0 bridgehead atoms. The van der Waals surface area contributed by atoms with Gasteiger partial charge >= 0.3 is 5.97 Å². The van der Waals surface area contributed by atoms with Crippen LogP contribution in [0.25, 0.3) is 0 Å². The maximum atomic E-state index is 12.8. The second kappa shape index (κ2) is 7.79. The first-order valence-corrected chi connectivity index (χ1v) is 9.17. The number of likely N-dealkylation sites (tertiary alicyclic amines) is 1. The molecule has 9 nitrogen and oxygen atoms in total. The van der Waals surface area contributed by atoms with Crippen molar-refractivity contribution in [1.29, 1.82) is 0 Å². The van der Waals surface area contributed by atoms with Crippen molar-refractivity contribution >= 4 is 17.6 Å². The predicted molar refractivity (Wildman–Crippen MR) is 101 cm³/mol. The quantitative estimate of drug-likeness (QED) is 0.623.